The number of benzene rings is 1. The van der Waals surface area contributed by atoms with Gasteiger partial charge in [-0.05, 0) is 70.2 Å². The molecule has 1 saturated heterocycles. The fraction of sp³-hybridized carbons (Fsp3) is 0.417. The number of anilines is 1. The Morgan fingerprint density at radius 3 is 2.70 bits per heavy atom. The third kappa shape index (κ3) is 3.76. The molecule has 33 heavy (non-hydrogen) atoms. The minimum Gasteiger partial charge on any atom is -0.349 e. The lowest BCUT2D eigenvalue weighted by Crippen LogP contribution is -2.44. The molecule has 1 aromatic carbocycles. The number of aryl methyl sites for hydroxylation is 2. The van der Waals surface area contributed by atoms with Crippen LogP contribution in [0.4, 0.5) is 10.1 Å². The molecule has 0 radical (unpaired) electrons. The first-order chi connectivity index (χ1) is 15.8. The predicted octanol–water partition coefficient (Wildman–Crippen LogP) is 4.23. The molecule has 9 heteroatoms. The van der Waals surface area contributed by atoms with E-state index >= 15 is 0 Å². The summed E-state index contributed by atoms with van der Waals surface area (Å²) in [6.07, 6.45) is 5.10. The van der Waals surface area contributed by atoms with Crippen LogP contribution in [-0.2, 0) is 4.79 Å². The summed E-state index contributed by atoms with van der Waals surface area (Å²) in [7, 11) is 0. The molecule has 3 aromatic rings. The Labute approximate surface area is 195 Å². The fourth-order valence-corrected chi connectivity index (χ4v) is 5.49. The summed E-state index contributed by atoms with van der Waals surface area (Å²) in [6, 6.07) is 6.03. The molecule has 0 bridgehead atoms. The van der Waals surface area contributed by atoms with Gasteiger partial charge < -0.3 is 10.2 Å². The van der Waals surface area contributed by atoms with Gasteiger partial charge in [0.05, 0.1) is 22.3 Å². The van der Waals surface area contributed by atoms with Crippen molar-refractivity contribution in [2.45, 2.75) is 52.0 Å². The molecule has 2 aliphatic rings. The van der Waals surface area contributed by atoms with Crippen molar-refractivity contribution in [3.63, 3.8) is 0 Å². The van der Waals surface area contributed by atoms with Gasteiger partial charge in [-0.2, -0.15) is 5.10 Å². The molecule has 2 fully saturated rings. The summed E-state index contributed by atoms with van der Waals surface area (Å²) >= 11 is 6.20. The van der Waals surface area contributed by atoms with E-state index in [2.05, 4.69) is 15.4 Å². The van der Waals surface area contributed by atoms with E-state index < -0.39 is 11.2 Å². The number of fused-ring (bicyclic) bond motifs is 1. The highest BCUT2D eigenvalue weighted by atomic mass is 35.5. The number of nitrogens with zero attached hydrogens (tertiary/aromatic N) is 4. The molecule has 7 nitrogen and oxygen atoms in total. The normalized spacial score (nSPS) is 23.0. The Bertz CT molecular complexity index is 1270. The Hall–Kier alpha value is -3.00. The molecule has 5 rings (SSSR count). The van der Waals surface area contributed by atoms with Crippen LogP contribution in [0.1, 0.15) is 53.8 Å². The monoisotopic (exact) mass is 469 g/mol. The molecule has 1 aliphatic carbocycles. The molecule has 0 atom stereocenters. The number of aromatic nitrogens is 3. The highest BCUT2D eigenvalue weighted by molar-refractivity contribution is 6.34. The zero-order valence-corrected chi connectivity index (χ0v) is 19.3. The quantitative estimate of drug-likeness (QED) is 0.622. The largest absolute Gasteiger partial charge is 0.349 e. The minimum atomic E-state index is -0.445. The Morgan fingerprint density at radius 1 is 1.21 bits per heavy atom. The first kappa shape index (κ1) is 21.8. The van der Waals surface area contributed by atoms with Gasteiger partial charge >= 0.3 is 0 Å². The van der Waals surface area contributed by atoms with Crippen LogP contribution in [-0.4, -0.2) is 39.0 Å². The Morgan fingerprint density at radius 2 is 1.97 bits per heavy atom. The molecule has 2 amide bonds. The van der Waals surface area contributed by atoms with Crippen LogP contribution in [0.5, 0.6) is 0 Å². The minimum absolute atomic E-state index is 0.0137. The van der Waals surface area contributed by atoms with Crippen LogP contribution in [0.25, 0.3) is 5.65 Å². The maximum atomic E-state index is 13.4. The summed E-state index contributed by atoms with van der Waals surface area (Å²) < 4.78 is 15.1. The topological polar surface area (TPSA) is 79.6 Å². The number of carbonyl (C=O) groups excluding carboxylic acids is 2. The lowest BCUT2D eigenvalue weighted by molar-refractivity contribution is -0.127. The van der Waals surface area contributed by atoms with Crippen molar-refractivity contribution in [3.8, 4) is 0 Å². The summed E-state index contributed by atoms with van der Waals surface area (Å²) in [5, 5.41) is 7.66. The number of carbonyl (C=O) groups is 2. The summed E-state index contributed by atoms with van der Waals surface area (Å²) in [5.41, 5.74) is 2.87. The average Bonchev–Trinajstić information content (AvgIpc) is 3.32. The van der Waals surface area contributed by atoms with Gasteiger partial charge in [0, 0.05) is 24.0 Å². The first-order valence-corrected chi connectivity index (χ1v) is 11.6. The maximum absolute atomic E-state index is 13.4. The van der Waals surface area contributed by atoms with Crippen LogP contribution in [0.3, 0.4) is 0 Å². The van der Waals surface area contributed by atoms with Crippen molar-refractivity contribution in [2.75, 3.05) is 11.4 Å². The molecule has 2 aromatic heterocycles. The van der Waals surface area contributed by atoms with Crippen LogP contribution in [0, 0.1) is 25.1 Å². The standard InChI is InChI=1S/C24H25ClFN5O2/c1-14-11-15(2)31-21(28-14)18(13-27-31)22(32)29-17-5-7-24(8-6-17)9-10-30(23(24)33)20-4-3-16(26)12-19(20)25/h3-4,11-13,17H,5-10H2,1-2H3,(H,29,32). The third-order valence-corrected chi connectivity index (χ3v) is 7.32. The number of hydrogen-bond acceptors (Lipinski definition) is 4. The van der Waals surface area contributed by atoms with Gasteiger partial charge in [-0.25, -0.2) is 13.9 Å². The van der Waals surface area contributed by atoms with Gasteiger partial charge in [0.1, 0.15) is 11.4 Å². The molecular formula is C24H25ClFN5O2. The summed E-state index contributed by atoms with van der Waals surface area (Å²) in [6.45, 7) is 4.38. The van der Waals surface area contributed by atoms with Crippen LogP contribution in [0.2, 0.25) is 5.02 Å². The van der Waals surface area contributed by atoms with E-state index in [0.717, 1.165) is 17.8 Å². The van der Waals surface area contributed by atoms with E-state index in [1.54, 1.807) is 21.7 Å². The number of rotatable bonds is 3. The molecular weight excluding hydrogens is 445 g/mol. The highest BCUT2D eigenvalue weighted by Gasteiger charge is 2.49. The van der Waals surface area contributed by atoms with Crippen LogP contribution in [0.15, 0.2) is 30.5 Å². The maximum Gasteiger partial charge on any atom is 0.256 e. The van der Waals surface area contributed by atoms with E-state index in [9.17, 15) is 14.0 Å². The van der Waals surface area contributed by atoms with Gasteiger partial charge in [-0.15, -0.1) is 0 Å². The van der Waals surface area contributed by atoms with Crippen molar-refractivity contribution in [2.24, 2.45) is 5.41 Å². The molecule has 3 heterocycles. The van der Waals surface area contributed by atoms with Gasteiger partial charge in [0.15, 0.2) is 5.65 Å². The molecule has 1 spiro atoms. The molecule has 1 aliphatic heterocycles. The van der Waals surface area contributed by atoms with Crippen LogP contribution < -0.4 is 10.2 Å². The Kier molecular flexibility index (Phi) is 5.35. The number of amides is 2. The van der Waals surface area contributed by atoms with Crippen molar-refractivity contribution in [1.82, 2.24) is 19.9 Å². The molecule has 0 unspecified atom stereocenters. The van der Waals surface area contributed by atoms with E-state index in [1.165, 1.54) is 12.1 Å². The predicted molar refractivity (Wildman–Crippen MR) is 123 cm³/mol. The fourth-order valence-electron chi connectivity index (χ4n) is 5.22. The second-order valence-electron chi connectivity index (χ2n) is 9.16. The van der Waals surface area contributed by atoms with Crippen molar-refractivity contribution < 1.29 is 14.0 Å². The second kappa shape index (κ2) is 8.09. The van der Waals surface area contributed by atoms with Crippen molar-refractivity contribution >= 4 is 34.7 Å². The Balaban J connectivity index is 1.26. The summed E-state index contributed by atoms with van der Waals surface area (Å²) in [4.78, 5) is 32.4. The van der Waals surface area contributed by atoms with Gasteiger partial charge in [-0.3, -0.25) is 9.59 Å². The first-order valence-electron chi connectivity index (χ1n) is 11.2. The van der Waals surface area contributed by atoms with E-state index in [1.807, 2.05) is 19.9 Å². The SMILES string of the molecule is Cc1cc(C)n2ncc(C(=O)NC3CCC4(CC3)CCN(c3ccc(F)cc3Cl)C4=O)c2n1. The van der Waals surface area contributed by atoms with E-state index in [0.29, 0.717) is 49.1 Å². The summed E-state index contributed by atoms with van der Waals surface area (Å²) in [5.74, 6) is -0.576. The van der Waals surface area contributed by atoms with E-state index in [4.69, 9.17) is 11.6 Å². The number of nitrogens with one attached hydrogen (secondary N) is 1. The molecule has 1 saturated carbocycles. The zero-order valence-electron chi connectivity index (χ0n) is 18.6. The average molecular weight is 470 g/mol. The van der Waals surface area contributed by atoms with E-state index in [-0.39, 0.29) is 22.9 Å². The molecule has 172 valence electrons. The number of hydrogen-bond donors (Lipinski definition) is 1. The lowest BCUT2D eigenvalue weighted by atomic mass is 9.71. The van der Waals surface area contributed by atoms with Gasteiger partial charge in [-0.1, -0.05) is 11.6 Å². The highest BCUT2D eigenvalue weighted by Crippen LogP contribution is 2.47. The third-order valence-electron chi connectivity index (χ3n) is 7.01. The van der Waals surface area contributed by atoms with Gasteiger partial charge in [0.25, 0.3) is 5.91 Å². The smallest absolute Gasteiger partial charge is 0.256 e. The van der Waals surface area contributed by atoms with Crippen molar-refractivity contribution in [1.29, 1.82) is 0 Å². The van der Waals surface area contributed by atoms with Crippen molar-refractivity contribution in [3.05, 3.63) is 58.3 Å². The lowest BCUT2D eigenvalue weighted by Gasteiger charge is -2.36. The second-order valence-corrected chi connectivity index (χ2v) is 9.57. The molecule has 1 N–H and O–H groups in total. The zero-order chi connectivity index (χ0) is 23.3. The van der Waals surface area contributed by atoms with Crippen LogP contribution >= 0.6 is 11.6 Å². The number of halogens is 2. The van der Waals surface area contributed by atoms with Gasteiger partial charge in [0.2, 0.25) is 5.91 Å².